The van der Waals surface area contributed by atoms with Crippen molar-refractivity contribution >= 4 is 33.7 Å². The monoisotopic (exact) mass is 336 g/mol. The fourth-order valence-electron chi connectivity index (χ4n) is 2.20. The molecule has 0 aliphatic heterocycles. The molecule has 0 saturated carbocycles. The Morgan fingerprint density at radius 1 is 1.32 bits per heavy atom. The second kappa shape index (κ2) is 8.39. The molecule has 2 heterocycles. The van der Waals surface area contributed by atoms with Crippen LogP contribution in [0.4, 0.5) is 5.13 Å². The summed E-state index contributed by atoms with van der Waals surface area (Å²) in [7, 11) is 0. The van der Waals surface area contributed by atoms with Crippen molar-refractivity contribution in [3.05, 3.63) is 33.1 Å². The van der Waals surface area contributed by atoms with E-state index < -0.39 is 0 Å². The van der Waals surface area contributed by atoms with Gasteiger partial charge in [0.15, 0.2) is 5.13 Å². The quantitative estimate of drug-likeness (QED) is 0.783. The standard InChI is InChI=1S/C16H22N3OS2/c1-4-5-11(2)8-15-17-9-14(22-15)7-6-13-10-21-16(19-13)18-12(3)20/h9-10H,4-8H2,1-3H3,(H,18,19,20). The number of hydrogen-bond donors (Lipinski definition) is 1. The molecule has 1 N–H and O–H groups in total. The normalized spacial score (nSPS) is 11.1. The number of aryl methyl sites for hydroxylation is 2. The summed E-state index contributed by atoms with van der Waals surface area (Å²) in [4.78, 5) is 21.2. The van der Waals surface area contributed by atoms with Crippen LogP contribution in [0.15, 0.2) is 11.6 Å². The summed E-state index contributed by atoms with van der Waals surface area (Å²) in [6.07, 6.45) is 7.20. The second-order valence-corrected chi connectivity index (χ2v) is 7.49. The van der Waals surface area contributed by atoms with E-state index in [9.17, 15) is 4.79 Å². The molecule has 0 saturated heterocycles. The van der Waals surface area contributed by atoms with E-state index in [0.717, 1.165) is 25.0 Å². The highest BCUT2D eigenvalue weighted by atomic mass is 32.1. The van der Waals surface area contributed by atoms with Crippen molar-refractivity contribution in [1.82, 2.24) is 9.97 Å². The molecule has 0 aromatic carbocycles. The Balaban J connectivity index is 1.83. The van der Waals surface area contributed by atoms with Gasteiger partial charge in [0.1, 0.15) is 0 Å². The number of aromatic nitrogens is 2. The van der Waals surface area contributed by atoms with Crippen LogP contribution in [0.2, 0.25) is 0 Å². The lowest BCUT2D eigenvalue weighted by molar-refractivity contribution is -0.114. The molecule has 2 aromatic rings. The SMILES string of the molecule is CCC[C](C)Cc1ncc(CCc2csc(NC(C)=O)n2)s1. The number of hydrogen-bond acceptors (Lipinski definition) is 5. The van der Waals surface area contributed by atoms with Gasteiger partial charge < -0.3 is 5.32 Å². The minimum absolute atomic E-state index is 0.0771. The Hall–Kier alpha value is -1.27. The first-order chi connectivity index (χ1) is 10.6. The molecule has 0 spiro atoms. The van der Waals surface area contributed by atoms with E-state index in [1.807, 2.05) is 11.6 Å². The van der Waals surface area contributed by atoms with Gasteiger partial charge in [0.2, 0.25) is 5.91 Å². The number of nitrogens with zero attached hydrogens (tertiary/aromatic N) is 2. The molecule has 22 heavy (non-hydrogen) atoms. The Morgan fingerprint density at radius 2 is 2.14 bits per heavy atom. The van der Waals surface area contributed by atoms with Gasteiger partial charge in [-0.1, -0.05) is 20.3 Å². The van der Waals surface area contributed by atoms with Crippen LogP contribution in [0.25, 0.3) is 0 Å². The summed E-state index contributed by atoms with van der Waals surface area (Å²) in [6, 6.07) is 0. The van der Waals surface area contributed by atoms with E-state index in [0.29, 0.717) is 5.13 Å². The number of anilines is 1. The zero-order valence-electron chi connectivity index (χ0n) is 13.3. The van der Waals surface area contributed by atoms with Gasteiger partial charge in [0.05, 0.1) is 10.7 Å². The number of rotatable bonds is 8. The van der Waals surface area contributed by atoms with Crippen molar-refractivity contribution in [2.75, 3.05) is 5.32 Å². The lowest BCUT2D eigenvalue weighted by atomic mass is 10.0. The molecule has 4 nitrogen and oxygen atoms in total. The van der Waals surface area contributed by atoms with Gasteiger partial charge in [-0.3, -0.25) is 4.79 Å². The highest BCUT2D eigenvalue weighted by Crippen LogP contribution is 2.22. The largest absolute Gasteiger partial charge is 0.302 e. The van der Waals surface area contributed by atoms with E-state index in [4.69, 9.17) is 0 Å². The summed E-state index contributed by atoms with van der Waals surface area (Å²) in [5.41, 5.74) is 1.03. The molecule has 2 aromatic heterocycles. The first-order valence-corrected chi connectivity index (χ1v) is 9.23. The van der Waals surface area contributed by atoms with Gasteiger partial charge in [-0.25, -0.2) is 9.97 Å². The lowest BCUT2D eigenvalue weighted by Crippen LogP contribution is -2.05. The maximum absolute atomic E-state index is 11.0. The Bertz CT molecular complexity index is 606. The molecule has 0 bridgehead atoms. The van der Waals surface area contributed by atoms with E-state index in [1.165, 1.54) is 46.9 Å². The van der Waals surface area contributed by atoms with E-state index in [-0.39, 0.29) is 5.91 Å². The van der Waals surface area contributed by atoms with Gasteiger partial charge in [-0.2, -0.15) is 0 Å². The molecule has 119 valence electrons. The third kappa shape index (κ3) is 5.50. The third-order valence-corrected chi connectivity index (χ3v) is 5.06. The maximum atomic E-state index is 11.0. The lowest BCUT2D eigenvalue weighted by Gasteiger charge is -2.05. The predicted octanol–water partition coefficient (Wildman–Crippen LogP) is 4.28. The molecular formula is C16H22N3OS2. The summed E-state index contributed by atoms with van der Waals surface area (Å²) >= 11 is 3.27. The molecule has 0 atom stereocenters. The van der Waals surface area contributed by atoms with E-state index >= 15 is 0 Å². The van der Waals surface area contributed by atoms with Gasteiger partial charge in [-0.15, -0.1) is 22.7 Å². The zero-order valence-corrected chi connectivity index (χ0v) is 14.9. The molecule has 6 heteroatoms. The minimum Gasteiger partial charge on any atom is -0.302 e. The van der Waals surface area contributed by atoms with Crippen molar-refractivity contribution < 1.29 is 4.79 Å². The summed E-state index contributed by atoms with van der Waals surface area (Å²) in [6.45, 7) is 5.92. The van der Waals surface area contributed by atoms with E-state index in [1.54, 1.807) is 11.3 Å². The number of thiazole rings is 2. The van der Waals surface area contributed by atoms with Crippen molar-refractivity contribution in [2.45, 2.75) is 52.9 Å². The van der Waals surface area contributed by atoms with Crippen LogP contribution < -0.4 is 5.32 Å². The fraction of sp³-hybridized carbons (Fsp3) is 0.500. The zero-order chi connectivity index (χ0) is 15.9. The van der Waals surface area contributed by atoms with Crippen LogP contribution in [-0.2, 0) is 24.1 Å². The van der Waals surface area contributed by atoms with Gasteiger partial charge in [0, 0.05) is 29.8 Å². The van der Waals surface area contributed by atoms with Crippen molar-refractivity contribution in [3.63, 3.8) is 0 Å². The Kier molecular flexibility index (Phi) is 6.51. The molecule has 0 aliphatic carbocycles. The number of carbonyl (C=O) groups excluding carboxylic acids is 1. The summed E-state index contributed by atoms with van der Waals surface area (Å²) in [5.74, 6) is 1.43. The van der Waals surface area contributed by atoms with Crippen molar-refractivity contribution in [2.24, 2.45) is 0 Å². The Labute approximate surface area is 140 Å². The average molecular weight is 337 g/mol. The summed E-state index contributed by atoms with van der Waals surface area (Å²) in [5, 5.41) is 6.61. The average Bonchev–Trinajstić information content (AvgIpc) is 3.05. The summed E-state index contributed by atoms with van der Waals surface area (Å²) < 4.78 is 0. The predicted molar refractivity (Wildman–Crippen MR) is 93.5 cm³/mol. The van der Waals surface area contributed by atoms with Crippen LogP contribution in [0, 0.1) is 5.92 Å². The molecule has 1 radical (unpaired) electrons. The fourth-order valence-corrected chi connectivity index (χ4v) is 4.03. The molecule has 1 amide bonds. The second-order valence-electron chi connectivity index (χ2n) is 5.43. The van der Waals surface area contributed by atoms with Crippen LogP contribution >= 0.6 is 22.7 Å². The van der Waals surface area contributed by atoms with Gasteiger partial charge in [-0.05, 0) is 25.2 Å². The van der Waals surface area contributed by atoms with Crippen molar-refractivity contribution in [3.8, 4) is 0 Å². The van der Waals surface area contributed by atoms with Crippen LogP contribution in [0.3, 0.4) is 0 Å². The Morgan fingerprint density at radius 3 is 2.86 bits per heavy atom. The van der Waals surface area contributed by atoms with E-state index in [2.05, 4.69) is 29.1 Å². The molecule has 2 rings (SSSR count). The van der Waals surface area contributed by atoms with Gasteiger partial charge >= 0.3 is 0 Å². The maximum Gasteiger partial charge on any atom is 0.223 e. The molecule has 0 aliphatic rings. The molecular weight excluding hydrogens is 314 g/mol. The number of nitrogens with one attached hydrogen (secondary N) is 1. The third-order valence-electron chi connectivity index (χ3n) is 3.19. The first kappa shape index (κ1) is 17.1. The highest BCUT2D eigenvalue weighted by molar-refractivity contribution is 7.14. The van der Waals surface area contributed by atoms with Gasteiger partial charge in [0.25, 0.3) is 0 Å². The minimum atomic E-state index is -0.0771. The molecule has 0 unspecified atom stereocenters. The number of amides is 1. The highest BCUT2D eigenvalue weighted by Gasteiger charge is 2.09. The number of carbonyl (C=O) groups is 1. The van der Waals surface area contributed by atoms with Crippen LogP contribution in [0.1, 0.15) is 49.2 Å². The van der Waals surface area contributed by atoms with Crippen LogP contribution in [0.5, 0.6) is 0 Å². The first-order valence-electron chi connectivity index (χ1n) is 7.53. The van der Waals surface area contributed by atoms with Crippen LogP contribution in [-0.4, -0.2) is 15.9 Å². The van der Waals surface area contributed by atoms with Crippen molar-refractivity contribution in [1.29, 1.82) is 0 Å². The molecule has 0 fully saturated rings. The smallest absolute Gasteiger partial charge is 0.223 e. The topological polar surface area (TPSA) is 54.9 Å².